The highest BCUT2D eigenvalue weighted by Gasteiger charge is 2.15. The van der Waals surface area contributed by atoms with Crippen LogP contribution in [0.25, 0.3) is 0 Å². The average Bonchev–Trinajstić information content (AvgIpc) is 2.59. The Morgan fingerprint density at radius 3 is 2.64 bits per heavy atom. The molecule has 1 fully saturated rings. The quantitative estimate of drug-likeness (QED) is 0.812. The minimum absolute atomic E-state index is 0.00406. The van der Waals surface area contributed by atoms with Crippen LogP contribution >= 0.6 is 0 Å². The second-order valence-electron chi connectivity index (χ2n) is 5.12. The Bertz CT molecular complexity index is 487. The molecule has 0 atom stereocenters. The number of carbonyl (C=O) groups excluding carboxylic acids is 1. The molecule has 0 saturated carbocycles. The van der Waals surface area contributed by atoms with Gasteiger partial charge in [0.2, 0.25) is 0 Å². The van der Waals surface area contributed by atoms with Crippen molar-refractivity contribution in [2.75, 3.05) is 47.1 Å². The zero-order chi connectivity index (χ0) is 15.8. The van der Waals surface area contributed by atoms with Crippen LogP contribution in [0.5, 0.6) is 11.5 Å². The summed E-state index contributed by atoms with van der Waals surface area (Å²) in [7, 11) is 3.25. The molecule has 0 radical (unpaired) electrons. The number of hydrogen-bond acceptors (Lipinski definition) is 4. The van der Waals surface area contributed by atoms with E-state index in [2.05, 4.69) is 5.32 Å². The monoisotopic (exact) mass is 308 g/mol. The van der Waals surface area contributed by atoms with Gasteiger partial charge >= 0.3 is 6.03 Å². The van der Waals surface area contributed by atoms with Crippen LogP contribution in [0.1, 0.15) is 12.0 Å². The van der Waals surface area contributed by atoms with Gasteiger partial charge in [-0.3, -0.25) is 0 Å². The fourth-order valence-electron chi connectivity index (χ4n) is 2.40. The van der Waals surface area contributed by atoms with Gasteiger partial charge in [-0.05, 0) is 30.5 Å². The highest BCUT2D eigenvalue weighted by atomic mass is 16.5. The third-order valence-electron chi connectivity index (χ3n) is 3.66. The molecule has 1 saturated heterocycles. The SMILES string of the molecule is COc1ccc(CCCNC(=O)N2CCOCC2)cc1OC. The van der Waals surface area contributed by atoms with E-state index in [0.717, 1.165) is 24.3 Å². The van der Waals surface area contributed by atoms with Crippen molar-refractivity contribution in [1.29, 1.82) is 0 Å². The molecule has 6 nitrogen and oxygen atoms in total. The molecule has 1 aliphatic rings. The van der Waals surface area contributed by atoms with E-state index in [-0.39, 0.29) is 6.03 Å². The summed E-state index contributed by atoms with van der Waals surface area (Å²) >= 11 is 0. The second kappa shape index (κ2) is 8.48. The Balaban J connectivity index is 1.73. The van der Waals surface area contributed by atoms with E-state index in [1.54, 1.807) is 19.1 Å². The molecule has 1 heterocycles. The summed E-state index contributed by atoms with van der Waals surface area (Å²) in [6, 6.07) is 5.89. The van der Waals surface area contributed by atoms with E-state index in [9.17, 15) is 4.79 Å². The number of rotatable bonds is 6. The summed E-state index contributed by atoms with van der Waals surface area (Å²) < 4.78 is 15.7. The minimum Gasteiger partial charge on any atom is -0.493 e. The summed E-state index contributed by atoms with van der Waals surface area (Å²) in [4.78, 5) is 13.7. The lowest BCUT2D eigenvalue weighted by molar-refractivity contribution is 0.0532. The summed E-state index contributed by atoms with van der Waals surface area (Å²) in [6.45, 7) is 3.24. The van der Waals surface area contributed by atoms with Crippen LogP contribution < -0.4 is 14.8 Å². The summed E-state index contributed by atoms with van der Waals surface area (Å²) in [5, 5.41) is 2.95. The zero-order valence-electron chi connectivity index (χ0n) is 13.3. The standard InChI is InChI=1S/C16H24N2O4/c1-20-14-6-5-13(12-15(14)21-2)4-3-7-17-16(19)18-8-10-22-11-9-18/h5-6,12H,3-4,7-11H2,1-2H3,(H,17,19). The fourth-order valence-corrected chi connectivity index (χ4v) is 2.40. The Kier molecular flexibility index (Phi) is 6.33. The third kappa shape index (κ3) is 4.53. The number of urea groups is 1. The first-order valence-corrected chi connectivity index (χ1v) is 7.56. The van der Waals surface area contributed by atoms with Gasteiger partial charge < -0.3 is 24.4 Å². The van der Waals surface area contributed by atoms with Gasteiger partial charge in [0.05, 0.1) is 27.4 Å². The molecule has 1 N–H and O–H groups in total. The van der Waals surface area contributed by atoms with Crippen molar-refractivity contribution in [2.24, 2.45) is 0 Å². The molecule has 1 aromatic carbocycles. The van der Waals surface area contributed by atoms with E-state index in [0.29, 0.717) is 32.8 Å². The Labute approximate surface area is 131 Å². The van der Waals surface area contributed by atoms with Gasteiger partial charge in [0.15, 0.2) is 11.5 Å². The van der Waals surface area contributed by atoms with Crippen LogP contribution in [0.2, 0.25) is 0 Å². The molecule has 0 aromatic heterocycles. The first-order chi connectivity index (χ1) is 10.7. The molecule has 2 amide bonds. The Morgan fingerprint density at radius 1 is 1.23 bits per heavy atom. The van der Waals surface area contributed by atoms with E-state index in [1.807, 2.05) is 18.2 Å². The van der Waals surface area contributed by atoms with Crippen molar-refractivity contribution in [3.05, 3.63) is 23.8 Å². The number of nitrogens with zero attached hydrogens (tertiary/aromatic N) is 1. The van der Waals surface area contributed by atoms with Crippen molar-refractivity contribution in [2.45, 2.75) is 12.8 Å². The third-order valence-corrected chi connectivity index (χ3v) is 3.66. The second-order valence-corrected chi connectivity index (χ2v) is 5.12. The van der Waals surface area contributed by atoms with Crippen LogP contribution in [0, 0.1) is 0 Å². The summed E-state index contributed by atoms with van der Waals surface area (Å²) in [6.07, 6.45) is 1.76. The normalized spacial score (nSPS) is 14.5. The van der Waals surface area contributed by atoms with Crippen molar-refractivity contribution in [3.8, 4) is 11.5 Å². The van der Waals surface area contributed by atoms with E-state index in [4.69, 9.17) is 14.2 Å². The fraction of sp³-hybridized carbons (Fsp3) is 0.562. The summed E-state index contributed by atoms with van der Waals surface area (Å²) in [5.41, 5.74) is 1.17. The van der Waals surface area contributed by atoms with Crippen LogP contribution in [0.3, 0.4) is 0 Å². The molecule has 0 unspecified atom stereocenters. The molecule has 22 heavy (non-hydrogen) atoms. The van der Waals surface area contributed by atoms with Crippen molar-refractivity contribution in [3.63, 3.8) is 0 Å². The molecule has 0 aliphatic carbocycles. The predicted molar refractivity (Wildman–Crippen MR) is 83.7 cm³/mol. The Hall–Kier alpha value is -1.95. The Morgan fingerprint density at radius 2 is 1.95 bits per heavy atom. The number of aryl methyl sites for hydroxylation is 1. The van der Waals surface area contributed by atoms with Crippen molar-refractivity contribution < 1.29 is 19.0 Å². The highest BCUT2D eigenvalue weighted by molar-refractivity contribution is 5.74. The predicted octanol–water partition coefficient (Wildman–Crippen LogP) is 1.68. The number of carbonyl (C=O) groups is 1. The average molecular weight is 308 g/mol. The van der Waals surface area contributed by atoms with Crippen LogP contribution in [-0.4, -0.2) is 58.0 Å². The molecule has 6 heteroatoms. The zero-order valence-corrected chi connectivity index (χ0v) is 13.3. The van der Waals surface area contributed by atoms with Gasteiger partial charge in [-0.25, -0.2) is 4.79 Å². The smallest absolute Gasteiger partial charge is 0.317 e. The lowest BCUT2D eigenvalue weighted by atomic mass is 10.1. The number of hydrogen-bond donors (Lipinski definition) is 1. The molecule has 1 aliphatic heterocycles. The molecule has 0 spiro atoms. The maximum atomic E-state index is 11.9. The number of methoxy groups -OCH3 is 2. The van der Waals surface area contributed by atoms with Crippen LogP contribution in [0.15, 0.2) is 18.2 Å². The largest absolute Gasteiger partial charge is 0.493 e. The van der Waals surface area contributed by atoms with Gasteiger partial charge in [-0.15, -0.1) is 0 Å². The molecule has 1 aromatic rings. The van der Waals surface area contributed by atoms with Gasteiger partial charge in [-0.2, -0.15) is 0 Å². The van der Waals surface area contributed by atoms with Crippen molar-refractivity contribution in [1.82, 2.24) is 10.2 Å². The molecule has 0 bridgehead atoms. The summed E-state index contributed by atoms with van der Waals surface area (Å²) in [5.74, 6) is 1.46. The molecule has 2 rings (SSSR count). The van der Waals surface area contributed by atoms with Gasteiger partial charge in [0.1, 0.15) is 0 Å². The van der Waals surface area contributed by atoms with Gasteiger partial charge in [0, 0.05) is 19.6 Å². The number of nitrogens with one attached hydrogen (secondary N) is 1. The number of morpholine rings is 1. The topological polar surface area (TPSA) is 60.0 Å². The molecule has 122 valence electrons. The number of benzene rings is 1. The maximum absolute atomic E-state index is 11.9. The first-order valence-electron chi connectivity index (χ1n) is 7.56. The first kappa shape index (κ1) is 16.4. The van der Waals surface area contributed by atoms with E-state index >= 15 is 0 Å². The minimum atomic E-state index is -0.00406. The van der Waals surface area contributed by atoms with Crippen LogP contribution in [0.4, 0.5) is 4.79 Å². The lowest BCUT2D eigenvalue weighted by Gasteiger charge is -2.26. The number of amides is 2. The van der Waals surface area contributed by atoms with E-state index < -0.39 is 0 Å². The molecular formula is C16H24N2O4. The van der Waals surface area contributed by atoms with Crippen molar-refractivity contribution >= 4 is 6.03 Å². The highest BCUT2D eigenvalue weighted by Crippen LogP contribution is 2.27. The molecular weight excluding hydrogens is 284 g/mol. The number of ether oxygens (including phenoxy) is 3. The van der Waals surface area contributed by atoms with Gasteiger partial charge in [0.25, 0.3) is 0 Å². The van der Waals surface area contributed by atoms with E-state index in [1.165, 1.54) is 5.56 Å². The van der Waals surface area contributed by atoms with Crippen LogP contribution in [-0.2, 0) is 11.2 Å². The lowest BCUT2D eigenvalue weighted by Crippen LogP contribution is -2.46. The van der Waals surface area contributed by atoms with Gasteiger partial charge in [-0.1, -0.05) is 6.07 Å². The maximum Gasteiger partial charge on any atom is 0.317 e.